The maximum Gasteiger partial charge on any atom is 0.251 e. The summed E-state index contributed by atoms with van der Waals surface area (Å²) in [6, 6.07) is 7.30. The van der Waals surface area contributed by atoms with Crippen LogP contribution < -0.4 is 10.1 Å². The highest BCUT2D eigenvalue weighted by Crippen LogP contribution is 2.27. The molecule has 0 unspecified atom stereocenters. The number of carbonyl (C=O) groups excluding carboxylic acids is 1. The number of halogens is 1. The van der Waals surface area contributed by atoms with E-state index in [-0.39, 0.29) is 12.0 Å². The quantitative estimate of drug-likeness (QED) is 0.835. The van der Waals surface area contributed by atoms with Crippen molar-refractivity contribution in [2.45, 2.75) is 51.0 Å². The first-order chi connectivity index (χ1) is 10.0. The number of hydrogen-bond acceptors (Lipinski definition) is 2. The van der Waals surface area contributed by atoms with Crippen LogP contribution >= 0.6 is 11.6 Å². The average molecular weight is 310 g/mol. The van der Waals surface area contributed by atoms with Gasteiger partial charge in [-0.3, -0.25) is 4.79 Å². The second-order valence-electron chi connectivity index (χ2n) is 6.02. The minimum Gasteiger partial charge on any atom is -0.491 e. The second-order valence-corrected chi connectivity index (χ2v) is 6.64. The van der Waals surface area contributed by atoms with Gasteiger partial charge >= 0.3 is 0 Å². The predicted octanol–water partition coefficient (Wildman–Crippen LogP) is 4.00. The molecule has 0 radical (unpaired) electrons. The van der Waals surface area contributed by atoms with E-state index in [4.69, 9.17) is 16.3 Å². The maximum atomic E-state index is 12.1. The summed E-state index contributed by atoms with van der Waals surface area (Å²) in [6.07, 6.45) is 4.47. The Balaban J connectivity index is 1.80. The van der Waals surface area contributed by atoms with Crippen molar-refractivity contribution in [1.29, 1.82) is 0 Å². The lowest BCUT2D eigenvalue weighted by Crippen LogP contribution is -2.31. The van der Waals surface area contributed by atoms with E-state index in [1.54, 1.807) is 0 Å². The SMILES string of the molecule is CC(C)Oc1ccc(C(=O)NCC2CCC(Cl)CC2)cc1. The van der Waals surface area contributed by atoms with Gasteiger partial charge in [0.25, 0.3) is 5.91 Å². The Morgan fingerprint density at radius 3 is 2.43 bits per heavy atom. The van der Waals surface area contributed by atoms with Crippen molar-refractivity contribution in [2.75, 3.05) is 6.54 Å². The van der Waals surface area contributed by atoms with Gasteiger partial charge in [-0.2, -0.15) is 0 Å². The van der Waals surface area contributed by atoms with Gasteiger partial charge in [0.05, 0.1) is 6.10 Å². The minimum atomic E-state index is -0.0147. The number of hydrogen-bond donors (Lipinski definition) is 1. The van der Waals surface area contributed by atoms with Crippen LogP contribution in [0, 0.1) is 5.92 Å². The molecule has 21 heavy (non-hydrogen) atoms. The lowest BCUT2D eigenvalue weighted by Gasteiger charge is -2.25. The summed E-state index contributed by atoms with van der Waals surface area (Å²) in [5, 5.41) is 3.35. The molecule has 0 aliphatic heterocycles. The van der Waals surface area contributed by atoms with Crippen LogP contribution in [0.25, 0.3) is 0 Å². The van der Waals surface area contributed by atoms with Crippen LogP contribution in [0.15, 0.2) is 24.3 Å². The Hall–Kier alpha value is -1.22. The van der Waals surface area contributed by atoms with E-state index in [0.29, 0.717) is 16.9 Å². The number of rotatable bonds is 5. The molecular weight excluding hydrogens is 286 g/mol. The summed E-state index contributed by atoms with van der Waals surface area (Å²) in [4.78, 5) is 12.1. The summed E-state index contributed by atoms with van der Waals surface area (Å²) in [7, 11) is 0. The zero-order valence-corrected chi connectivity index (χ0v) is 13.5. The fourth-order valence-corrected chi connectivity index (χ4v) is 2.87. The largest absolute Gasteiger partial charge is 0.491 e. The van der Waals surface area contributed by atoms with Crippen LogP contribution in [0.5, 0.6) is 5.75 Å². The Kier molecular flexibility index (Phi) is 5.92. The lowest BCUT2D eigenvalue weighted by atomic mass is 9.89. The third kappa shape index (κ3) is 5.24. The molecule has 0 saturated heterocycles. The molecule has 0 bridgehead atoms. The normalized spacial score (nSPS) is 22.1. The van der Waals surface area contributed by atoms with Crippen LogP contribution in [0.2, 0.25) is 0 Å². The second kappa shape index (κ2) is 7.69. The van der Waals surface area contributed by atoms with Crippen molar-refractivity contribution in [3.63, 3.8) is 0 Å². The summed E-state index contributed by atoms with van der Waals surface area (Å²) < 4.78 is 5.57. The van der Waals surface area contributed by atoms with Gasteiger partial charge in [0.2, 0.25) is 0 Å². The van der Waals surface area contributed by atoms with E-state index in [1.807, 2.05) is 38.1 Å². The standard InChI is InChI=1S/C17H24ClNO2/c1-12(2)21-16-9-5-14(6-10-16)17(20)19-11-13-3-7-15(18)8-4-13/h5-6,9-10,12-13,15H,3-4,7-8,11H2,1-2H3,(H,19,20). The van der Waals surface area contributed by atoms with Gasteiger partial charge < -0.3 is 10.1 Å². The molecule has 0 spiro atoms. The highest BCUT2D eigenvalue weighted by molar-refractivity contribution is 6.20. The number of amides is 1. The summed E-state index contributed by atoms with van der Waals surface area (Å²) in [6.45, 7) is 4.71. The maximum absolute atomic E-state index is 12.1. The highest BCUT2D eigenvalue weighted by atomic mass is 35.5. The molecule has 116 valence electrons. The van der Waals surface area contributed by atoms with Crippen LogP contribution in [0.1, 0.15) is 49.9 Å². The van der Waals surface area contributed by atoms with Crippen molar-refractivity contribution in [2.24, 2.45) is 5.92 Å². The van der Waals surface area contributed by atoms with Crippen LogP contribution in [0.3, 0.4) is 0 Å². The zero-order chi connectivity index (χ0) is 15.2. The molecule has 1 amide bonds. The molecule has 0 aromatic heterocycles. The Morgan fingerprint density at radius 2 is 1.86 bits per heavy atom. The molecule has 1 saturated carbocycles. The smallest absolute Gasteiger partial charge is 0.251 e. The van der Waals surface area contributed by atoms with E-state index < -0.39 is 0 Å². The van der Waals surface area contributed by atoms with Gasteiger partial charge in [-0.05, 0) is 69.7 Å². The van der Waals surface area contributed by atoms with Gasteiger partial charge in [-0.25, -0.2) is 0 Å². The molecule has 1 aromatic carbocycles. The third-order valence-electron chi connectivity index (χ3n) is 3.82. The molecule has 2 rings (SSSR count). The average Bonchev–Trinajstić information content (AvgIpc) is 2.46. The van der Waals surface area contributed by atoms with Crippen molar-refractivity contribution in [3.8, 4) is 5.75 Å². The minimum absolute atomic E-state index is 0.0147. The zero-order valence-electron chi connectivity index (χ0n) is 12.8. The lowest BCUT2D eigenvalue weighted by molar-refractivity contribution is 0.0943. The van der Waals surface area contributed by atoms with Crippen molar-refractivity contribution in [3.05, 3.63) is 29.8 Å². The first kappa shape index (κ1) is 16.2. The molecule has 4 heteroatoms. The first-order valence-corrected chi connectivity index (χ1v) is 8.17. The van der Waals surface area contributed by atoms with Gasteiger partial charge in [-0.1, -0.05) is 0 Å². The van der Waals surface area contributed by atoms with Gasteiger partial charge in [0, 0.05) is 17.5 Å². The predicted molar refractivity (Wildman–Crippen MR) is 86.1 cm³/mol. The van der Waals surface area contributed by atoms with Gasteiger partial charge in [-0.15, -0.1) is 11.6 Å². The van der Waals surface area contributed by atoms with E-state index in [2.05, 4.69) is 5.32 Å². The summed E-state index contributed by atoms with van der Waals surface area (Å²) in [5.41, 5.74) is 0.678. The fraction of sp³-hybridized carbons (Fsp3) is 0.588. The number of carbonyl (C=O) groups is 1. The van der Waals surface area contributed by atoms with Crippen LogP contribution in [-0.2, 0) is 0 Å². The van der Waals surface area contributed by atoms with Crippen molar-refractivity contribution >= 4 is 17.5 Å². The Morgan fingerprint density at radius 1 is 1.24 bits per heavy atom. The number of alkyl halides is 1. The van der Waals surface area contributed by atoms with Crippen molar-refractivity contribution in [1.82, 2.24) is 5.32 Å². The van der Waals surface area contributed by atoms with Gasteiger partial charge in [0.1, 0.15) is 5.75 Å². The molecule has 0 atom stereocenters. The molecular formula is C17H24ClNO2. The van der Waals surface area contributed by atoms with E-state index in [9.17, 15) is 4.79 Å². The van der Waals surface area contributed by atoms with Gasteiger partial charge in [0.15, 0.2) is 0 Å². The summed E-state index contributed by atoms with van der Waals surface area (Å²) in [5.74, 6) is 1.34. The monoisotopic (exact) mass is 309 g/mol. The van der Waals surface area contributed by atoms with E-state index in [0.717, 1.165) is 38.0 Å². The Labute approximate surface area is 132 Å². The molecule has 0 heterocycles. The number of ether oxygens (including phenoxy) is 1. The molecule has 1 N–H and O–H groups in total. The Bertz CT molecular complexity index is 450. The molecule has 1 fully saturated rings. The number of nitrogens with one attached hydrogen (secondary N) is 1. The molecule has 1 aliphatic carbocycles. The van der Waals surface area contributed by atoms with Crippen LogP contribution in [0.4, 0.5) is 0 Å². The van der Waals surface area contributed by atoms with Crippen LogP contribution in [-0.4, -0.2) is 23.9 Å². The van der Waals surface area contributed by atoms with Crippen molar-refractivity contribution < 1.29 is 9.53 Å². The molecule has 1 aliphatic rings. The summed E-state index contributed by atoms with van der Waals surface area (Å²) >= 11 is 6.09. The third-order valence-corrected chi connectivity index (χ3v) is 4.25. The van der Waals surface area contributed by atoms with E-state index in [1.165, 1.54) is 0 Å². The molecule has 3 nitrogen and oxygen atoms in total. The topological polar surface area (TPSA) is 38.3 Å². The fourth-order valence-electron chi connectivity index (χ4n) is 2.62. The first-order valence-electron chi connectivity index (χ1n) is 7.73. The highest BCUT2D eigenvalue weighted by Gasteiger charge is 2.20. The molecule has 1 aromatic rings. The van der Waals surface area contributed by atoms with E-state index >= 15 is 0 Å². The number of benzene rings is 1.